The number of anilines is 3. The Morgan fingerprint density at radius 2 is 1.67 bits per heavy atom. The van der Waals surface area contributed by atoms with Gasteiger partial charge >= 0.3 is 0 Å². The summed E-state index contributed by atoms with van der Waals surface area (Å²) in [6.45, 7) is 6.27. The summed E-state index contributed by atoms with van der Waals surface area (Å²) < 4.78 is 12.9. The van der Waals surface area contributed by atoms with Gasteiger partial charge in [-0.2, -0.15) is 0 Å². The molecule has 138 valence electrons. The minimum Gasteiger partial charge on any atom is -0.339 e. The van der Waals surface area contributed by atoms with E-state index < -0.39 is 0 Å². The van der Waals surface area contributed by atoms with Crippen molar-refractivity contribution in [3.63, 3.8) is 0 Å². The van der Waals surface area contributed by atoms with E-state index in [-0.39, 0.29) is 22.8 Å². The molecule has 1 aromatic heterocycles. The van der Waals surface area contributed by atoms with Crippen molar-refractivity contribution in [2.45, 2.75) is 26.2 Å². The number of nitrogens with zero attached hydrogens (tertiary/aromatic N) is 2. The number of para-hydroxylation sites is 1. The van der Waals surface area contributed by atoms with Gasteiger partial charge in [-0.05, 0) is 41.3 Å². The van der Waals surface area contributed by atoms with Crippen molar-refractivity contribution in [2.75, 3.05) is 10.6 Å². The van der Waals surface area contributed by atoms with E-state index >= 15 is 0 Å². The Balaban J connectivity index is 1.72. The van der Waals surface area contributed by atoms with Crippen molar-refractivity contribution in [2.24, 2.45) is 0 Å². The highest BCUT2D eigenvalue weighted by Gasteiger charge is 2.19. The smallest absolute Gasteiger partial charge is 0.275 e. The van der Waals surface area contributed by atoms with Crippen LogP contribution in [-0.4, -0.2) is 15.9 Å². The van der Waals surface area contributed by atoms with E-state index in [4.69, 9.17) is 0 Å². The molecular weight excluding hydrogens is 343 g/mol. The maximum atomic E-state index is 12.9. The molecule has 27 heavy (non-hydrogen) atoms. The Labute approximate surface area is 157 Å². The van der Waals surface area contributed by atoms with E-state index in [1.54, 1.807) is 12.1 Å². The molecule has 5 nitrogen and oxygen atoms in total. The van der Waals surface area contributed by atoms with Gasteiger partial charge in [0.25, 0.3) is 5.91 Å². The first-order valence-corrected chi connectivity index (χ1v) is 8.58. The van der Waals surface area contributed by atoms with Gasteiger partial charge in [-0.25, -0.2) is 14.4 Å². The number of aromatic nitrogens is 2. The van der Waals surface area contributed by atoms with E-state index in [1.807, 2.05) is 24.3 Å². The van der Waals surface area contributed by atoms with E-state index in [0.29, 0.717) is 11.5 Å². The van der Waals surface area contributed by atoms with Gasteiger partial charge in [0, 0.05) is 11.4 Å². The van der Waals surface area contributed by atoms with Crippen LogP contribution < -0.4 is 10.6 Å². The lowest BCUT2D eigenvalue weighted by Gasteiger charge is -2.22. The number of hydrogen-bond donors (Lipinski definition) is 2. The fraction of sp³-hybridized carbons (Fsp3) is 0.190. The Bertz CT molecular complexity index is 932. The third-order valence-electron chi connectivity index (χ3n) is 3.98. The normalized spacial score (nSPS) is 11.1. The number of halogens is 1. The third kappa shape index (κ3) is 4.67. The average molecular weight is 364 g/mol. The molecule has 1 heterocycles. The number of rotatable bonds is 4. The molecule has 0 bridgehead atoms. The molecule has 0 atom stereocenters. The summed E-state index contributed by atoms with van der Waals surface area (Å²) in [7, 11) is 0. The first kappa shape index (κ1) is 18.5. The Kier molecular flexibility index (Phi) is 5.16. The average Bonchev–Trinajstić information content (AvgIpc) is 2.64. The van der Waals surface area contributed by atoms with Crippen molar-refractivity contribution >= 4 is 23.1 Å². The van der Waals surface area contributed by atoms with Gasteiger partial charge in [-0.1, -0.05) is 39.0 Å². The quantitative estimate of drug-likeness (QED) is 0.690. The summed E-state index contributed by atoms with van der Waals surface area (Å²) in [5, 5.41) is 5.91. The van der Waals surface area contributed by atoms with E-state index in [1.165, 1.54) is 24.5 Å². The second-order valence-corrected chi connectivity index (χ2v) is 7.17. The predicted molar refractivity (Wildman–Crippen MR) is 105 cm³/mol. The van der Waals surface area contributed by atoms with Crippen molar-refractivity contribution in [3.8, 4) is 0 Å². The van der Waals surface area contributed by atoms with Gasteiger partial charge in [0.15, 0.2) is 0 Å². The number of nitrogens with one attached hydrogen (secondary N) is 2. The highest BCUT2D eigenvalue weighted by atomic mass is 19.1. The summed E-state index contributed by atoms with van der Waals surface area (Å²) in [6.07, 6.45) is 2.87. The van der Waals surface area contributed by atoms with Crippen molar-refractivity contribution in [1.82, 2.24) is 9.97 Å². The molecule has 0 aliphatic rings. The molecule has 3 rings (SSSR count). The van der Waals surface area contributed by atoms with Crippen LogP contribution in [-0.2, 0) is 5.41 Å². The summed E-state index contributed by atoms with van der Waals surface area (Å²) >= 11 is 0. The van der Waals surface area contributed by atoms with Gasteiger partial charge in [0.1, 0.15) is 17.3 Å². The van der Waals surface area contributed by atoms with Crippen LogP contribution in [0.4, 0.5) is 21.6 Å². The zero-order valence-electron chi connectivity index (χ0n) is 15.5. The highest BCUT2D eigenvalue weighted by molar-refractivity contribution is 6.03. The largest absolute Gasteiger partial charge is 0.339 e. The molecule has 6 heteroatoms. The van der Waals surface area contributed by atoms with Crippen LogP contribution in [0.15, 0.2) is 60.9 Å². The molecule has 0 radical (unpaired) electrons. The molecule has 0 saturated heterocycles. The first-order chi connectivity index (χ1) is 12.8. The molecule has 0 aliphatic carbocycles. The Hall–Kier alpha value is -3.28. The van der Waals surface area contributed by atoms with Crippen LogP contribution in [0.5, 0.6) is 0 Å². The molecular formula is C21H21FN4O. The highest BCUT2D eigenvalue weighted by Crippen LogP contribution is 2.29. The van der Waals surface area contributed by atoms with Gasteiger partial charge in [0.05, 0.1) is 12.4 Å². The molecule has 0 saturated carbocycles. The fourth-order valence-corrected chi connectivity index (χ4v) is 2.62. The minimum atomic E-state index is -0.326. The third-order valence-corrected chi connectivity index (χ3v) is 3.98. The van der Waals surface area contributed by atoms with Crippen LogP contribution in [0.3, 0.4) is 0 Å². The minimum absolute atomic E-state index is 0.0987. The summed E-state index contributed by atoms with van der Waals surface area (Å²) in [5.74, 6) is -0.171. The molecule has 2 aromatic carbocycles. The molecule has 1 amide bonds. The van der Waals surface area contributed by atoms with Crippen molar-refractivity contribution in [1.29, 1.82) is 0 Å². The second kappa shape index (κ2) is 7.53. The summed E-state index contributed by atoms with van der Waals surface area (Å²) in [4.78, 5) is 20.9. The second-order valence-electron chi connectivity index (χ2n) is 7.17. The lowest BCUT2D eigenvalue weighted by atomic mass is 9.86. The van der Waals surface area contributed by atoms with E-state index in [9.17, 15) is 9.18 Å². The Morgan fingerprint density at radius 1 is 0.963 bits per heavy atom. The predicted octanol–water partition coefficient (Wildman–Crippen LogP) is 4.91. The van der Waals surface area contributed by atoms with Crippen LogP contribution in [0, 0.1) is 5.82 Å². The van der Waals surface area contributed by atoms with Crippen LogP contribution in [0.25, 0.3) is 0 Å². The van der Waals surface area contributed by atoms with Gasteiger partial charge in [0.2, 0.25) is 0 Å². The van der Waals surface area contributed by atoms with Crippen LogP contribution in [0.2, 0.25) is 0 Å². The molecule has 0 fully saturated rings. The molecule has 2 N–H and O–H groups in total. The first-order valence-electron chi connectivity index (χ1n) is 8.58. The summed E-state index contributed by atoms with van der Waals surface area (Å²) in [6, 6.07) is 13.6. The van der Waals surface area contributed by atoms with Crippen molar-refractivity contribution in [3.05, 3.63) is 78.0 Å². The Morgan fingerprint density at radius 3 is 2.30 bits per heavy atom. The molecule has 0 aliphatic heterocycles. The van der Waals surface area contributed by atoms with Gasteiger partial charge < -0.3 is 10.6 Å². The SMILES string of the molecule is CC(C)(C)c1ccccc1NC(=O)c1cnc(Nc2ccc(F)cc2)cn1. The zero-order valence-corrected chi connectivity index (χ0v) is 15.5. The maximum Gasteiger partial charge on any atom is 0.275 e. The number of benzene rings is 2. The zero-order chi connectivity index (χ0) is 19.4. The maximum absolute atomic E-state index is 12.9. The number of carbonyl (C=O) groups is 1. The lowest BCUT2D eigenvalue weighted by Crippen LogP contribution is -2.19. The summed E-state index contributed by atoms with van der Waals surface area (Å²) in [5.41, 5.74) is 2.59. The molecule has 3 aromatic rings. The number of hydrogen-bond acceptors (Lipinski definition) is 4. The number of amides is 1. The van der Waals surface area contributed by atoms with E-state index in [0.717, 1.165) is 11.3 Å². The lowest BCUT2D eigenvalue weighted by molar-refractivity contribution is 0.102. The molecule has 0 spiro atoms. The number of carbonyl (C=O) groups excluding carboxylic acids is 1. The molecule has 0 unspecified atom stereocenters. The topological polar surface area (TPSA) is 66.9 Å². The van der Waals surface area contributed by atoms with Crippen LogP contribution in [0.1, 0.15) is 36.8 Å². The monoisotopic (exact) mass is 364 g/mol. The standard InChI is InChI=1S/C21H21FN4O/c1-21(2,3)16-6-4-5-7-17(16)26-20(27)18-12-24-19(13-23-18)25-15-10-8-14(22)9-11-15/h4-13H,1-3H3,(H,24,25)(H,26,27). The van der Waals surface area contributed by atoms with Gasteiger partial charge in [-0.3, -0.25) is 4.79 Å². The van der Waals surface area contributed by atoms with Crippen LogP contribution >= 0.6 is 0 Å². The van der Waals surface area contributed by atoms with Crippen molar-refractivity contribution < 1.29 is 9.18 Å². The van der Waals surface area contributed by atoms with Gasteiger partial charge in [-0.15, -0.1) is 0 Å². The fourth-order valence-electron chi connectivity index (χ4n) is 2.62. The van der Waals surface area contributed by atoms with E-state index in [2.05, 4.69) is 41.4 Å².